The number of nitrogens with zero attached hydrogens (tertiary/aromatic N) is 3. The van der Waals surface area contributed by atoms with E-state index in [0.717, 1.165) is 5.01 Å². The number of pyridine rings is 1. The first kappa shape index (κ1) is 8.25. The van der Waals surface area contributed by atoms with Crippen LogP contribution in [0.4, 0.5) is 4.39 Å². The Hall–Kier alpha value is -1.36. The zero-order valence-corrected chi connectivity index (χ0v) is 7.68. The van der Waals surface area contributed by atoms with Crippen LogP contribution in [0, 0.1) is 12.7 Å². The number of halogens is 1. The molecule has 5 heteroatoms. The van der Waals surface area contributed by atoms with Gasteiger partial charge >= 0.3 is 0 Å². The number of rotatable bonds is 1. The summed E-state index contributed by atoms with van der Waals surface area (Å²) in [5.74, 6) is -0.362. The van der Waals surface area contributed by atoms with E-state index in [2.05, 4.69) is 15.2 Å². The molecule has 2 aromatic heterocycles. The van der Waals surface area contributed by atoms with Crippen molar-refractivity contribution in [3.63, 3.8) is 0 Å². The van der Waals surface area contributed by atoms with Crippen molar-refractivity contribution in [3.8, 4) is 10.7 Å². The zero-order valence-electron chi connectivity index (χ0n) is 6.86. The van der Waals surface area contributed by atoms with Crippen molar-refractivity contribution < 1.29 is 4.39 Å². The summed E-state index contributed by atoms with van der Waals surface area (Å²) in [5, 5.41) is 8.94. The van der Waals surface area contributed by atoms with E-state index in [0.29, 0.717) is 5.01 Å². The molecular weight excluding hydrogens is 189 g/mol. The van der Waals surface area contributed by atoms with Crippen LogP contribution in [0.3, 0.4) is 0 Å². The monoisotopic (exact) mass is 195 g/mol. The SMILES string of the molecule is Cc1nnc(-c2ncccc2F)s1. The van der Waals surface area contributed by atoms with Gasteiger partial charge in [0.05, 0.1) is 0 Å². The van der Waals surface area contributed by atoms with Gasteiger partial charge in [0.15, 0.2) is 10.8 Å². The second-order valence-corrected chi connectivity index (χ2v) is 3.64. The van der Waals surface area contributed by atoms with E-state index in [1.165, 1.54) is 23.6 Å². The number of hydrogen-bond donors (Lipinski definition) is 0. The molecule has 0 saturated carbocycles. The van der Waals surface area contributed by atoms with Gasteiger partial charge in [-0.25, -0.2) is 4.39 Å². The van der Waals surface area contributed by atoms with Gasteiger partial charge in [-0.05, 0) is 19.1 Å². The molecular formula is C8H6FN3S. The maximum Gasteiger partial charge on any atom is 0.169 e. The Bertz CT molecular complexity index is 427. The Morgan fingerprint density at radius 1 is 1.38 bits per heavy atom. The van der Waals surface area contributed by atoms with Crippen molar-refractivity contribution in [3.05, 3.63) is 29.2 Å². The molecule has 0 radical (unpaired) electrons. The molecule has 0 N–H and O–H groups in total. The summed E-state index contributed by atoms with van der Waals surface area (Å²) in [4.78, 5) is 3.89. The van der Waals surface area contributed by atoms with Crippen molar-refractivity contribution in [2.45, 2.75) is 6.92 Å². The minimum absolute atomic E-state index is 0.271. The van der Waals surface area contributed by atoms with Crippen molar-refractivity contribution in [2.24, 2.45) is 0 Å². The Morgan fingerprint density at radius 3 is 2.85 bits per heavy atom. The lowest BCUT2D eigenvalue weighted by molar-refractivity contribution is 0.625. The molecule has 66 valence electrons. The van der Waals surface area contributed by atoms with Crippen LogP contribution in [0.15, 0.2) is 18.3 Å². The van der Waals surface area contributed by atoms with Gasteiger partial charge in [-0.15, -0.1) is 10.2 Å². The molecule has 0 fully saturated rings. The van der Waals surface area contributed by atoms with Crippen molar-refractivity contribution in [1.29, 1.82) is 0 Å². The number of aryl methyl sites for hydroxylation is 1. The fraction of sp³-hybridized carbons (Fsp3) is 0.125. The molecule has 0 aliphatic carbocycles. The Morgan fingerprint density at radius 2 is 2.23 bits per heavy atom. The van der Waals surface area contributed by atoms with Crippen LogP contribution < -0.4 is 0 Å². The summed E-state index contributed by atoms with van der Waals surface area (Å²) in [6.45, 7) is 1.82. The molecule has 0 bridgehead atoms. The van der Waals surface area contributed by atoms with Crippen LogP contribution in [0.5, 0.6) is 0 Å². The third-order valence-corrected chi connectivity index (χ3v) is 2.33. The first-order chi connectivity index (χ1) is 6.27. The van der Waals surface area contributed by atoms with E-state index in [1.807, 2.05) is 6.92 Å². The Kier molecular flexibility index (Phi) is 2.02. The van der Waals surface area contributed by atoms with Crippen LogP contribution in [-0.4, -0.2) is 15.2 Å². The molecule has 2 rings (SSSR count). The molecule has 13 heavy (non-hydrogen) atoms. The van der Waals surface area contributed by atoms with Crippen LogP contribution in [0.2, 0.25) is 0 Å². The van der Waals surface area contributed by atoms with E-state index in [4.69, 9.17) is 0 Å². The summed E-state index contributed by atoms with van der Waals surface area (Å²) < 4.78 is 13.2. The number of hydrogen-bond acceptors (Lipinski definition) is 4. The average Bonchev–Trinajstić information content (AvgIpc) is 2.53. The van der Waals surface area contributed by atoms with Gasteiger partial charge in [0, 0.05) is 6.20 Å². The van der Waals surface area contributed by atoms with Gasteiger partial charge in [0.1, 0.15) is 10.7 Å². The highest BCUT2D eigenvalue weighted by molar-refractivity contribution is 7.14. The van der Waals surface area contributed by atoms with Crippen molar-refractivity contribution in [2.75, 3.05) is 0 Å². The molecule has 0 aromatic carbocycles. The highest BCUT2D eigenvalue weighted by Gasteiger charge is 2.09. The van der Waals surface area contributed by atoms with Crippen LogP contribution >= 0.6 is 11.3 Å². The quantitative estimate of drug-likeness (QED) is 0.699. The fourth-order valence-electron chi connectivity index (χ4n) is 0.935. The topological polar surface area (TPSA) is 38.7 Å². The van der Waals surface area contributed by atoms with Gasteiger partial charge in [0.25, 0.3) is 0 Å². The summed E-state index contributed by atoms with van der Waals surface area (Å²) in [7, 11) is 0. The maximum absolute atomic E-state index is 13.2. The minimum atomic E-state index is -0.362. The van der Waals surface area contributed by atoms with Gasteiger partial charge in [-0.3, -0.25) is 4.98 Å². The normalized spacial score (nSPS) is 10.3. The van der Waals surface area contributed by atoms with Crippen LogP contribution in [-0.2, 0) is 0 Å². The largest absolute Gasteiger partial charge is 0.251 e. The molecule has 0 amide bonds. The molecule has 0 spiro atoms. The van der Waals surface area contributed by atoms with Crippen LogP contribution in [0.1, 0.15) is 5.01 Å². The third kappa shape index (κ3) is 1.55. The van der Waals surface area contributed by atoms with E-state index in [1.54, 1.807) is 6.07 Å². The smallest absolute Gasteiger partial charge is 0.169 e. The first-order valence-corrected chi connectivity index (χ1v) is 4.50. The van der Waals surface area contributed by atoms with E-state index >= 15 is 0 Å². The summed E-state index contributed by atoms with van der Waals surface area (Å²) in [6, 6.07) is 2.91. The van der Waals surface area contributed by atoms with Crippen LogP contribution in [0.25, 0.3) is 10.7 Å². The molecule has 0 aliphatic rings. The highest BCUT2D eigenvalue weighted by atomic mass is 32.1. The van der Waals surface area contributed by atoms with E-state index < -0.39 is 0 Å². The standard InChI is InChI=1S/C8H6FN3S/c1-5-11-12-8(13-5)7-6(9)3-2-4-10-7/h2-4H,1H3. The Balaban J connectivity index is 2.52. The summed E-state index contributed by atoms with van der Waals surface area (Å²) in [5.41, 5.74) is 0.271. The lowest BCUT2D eigenvalue weighted by atomic mass is 10.3. The van der Waals surface area contributed by atoms with Crippen molar-refractivity contribution in [1.82, 2.24) is 15.2 Å². The maximum atomic E-state index is 13.2. The molecule has 0 aliphatic heterocycles. The average molecular weight is 195 g/mol. The van der Waals surface area contributed by atoms with Gasteiger partial charge in [-0.1, -0.05) is 11.3 Å². The zero-order chi connectivity index (χ0) is 9.26. The third-order valence-electron chi connectivity index (χ3n) is 1.49. The molecule has 2 aromatic rings. The molecule has 0 saturated heterocycles. The first-order valence-electron chi connectivity index (χ1n) is 3.68. The van der Waals surface area contributed by atoms with Gasteiger partial charge < -0.3 is 0 Å². The second kappa shape index (κ2) is 3.18. The molecule has 3 nitrogen and oxygen atoms in total. The van der Waals surface area contributed by atoms with Gasteiger partial charge in [-0.2, -0.15) is 0 Å². The Labute approximate surface area is 78.3 Å². The summed E-state index contributed by atoms with van der Waals surface area (Å²) in [6.07, 6.45) is 1.54. The summed E-state index contributed by atoms with van der Waals surface area (Å²) >= 11 is 1.33. The second-order valence-electron chi connectivity index (χ2n) is 2.46. The predicted octanol–water partition coefficient (Wildman–Crippen LogP) is 2.05. The molecule has 0 atom stereocenters. The van der Waals surface area contributed by atoms with Gasteiger partial charge in [0.2, 0.25) is 0 Å². The molecule has 0 unspecified atom stereocenters. The number of aromatic nitrogens is 3. The fourth-order valence-corrected chi connectivity index (χ4v) is 1.63. The predicted molar refractivity (Wildman–Crippen MR) is 47.8 cm³/mol. The lowest BCUT2D eigenvalue weighted by Gasteiger charge is -1.93. The van der Waals surface area contributed by atoms with E-state index in [-0.39, 0.29) is 11.5 Å². The lowest BCUT2D eigenvalue weighted by Crippen LogP contribution is -1.86. The molecule has 2 heterocycles. The van der Waals surface area contributed by atoms with Crippen molar-refractivity contribution >= 4 is 11.3 Å². The minimum Gasteiger partial charge on any atom is -0.251 e. The highest BCUT2D eigenvalue weighted by Crippen LogP contribution is 2.22. The van der Waals surface area contributed by atoms with E-state index in [9.17, 15) is 4.39 Å².